The summed E-state index contributed by atoms with van der Waals surface area (Å²) in [5.74, 6) is 1.48. The molecule has 0 amide bonds. The van der Waals surface area contributed by atoms with E-state index in [9.17, 15) is 0 Å². The van der Waals surface area contributed by atoms with Crippen LogP contribution in [-0.2, 0) is 4.74 Å². The second kappa shape index (κ2) is 7.98. The van der Waals surface area contributed by atoms with Gasteiger partial charge in [0.25, 0.3) is 0 Å². The molecular weight excluding hydrogens is 276 g/mol. The zero-order valence-electron chi connectivity index (χ0n) is 11.6. The summed E-state index contributed by atoms with van der Waals surface area (Å²) in [5, 5.41) is 18.1. The highest BCUT2D eigenvalue weighted by molar-refractivity contribution is 7.16. The van der Waals surface area contributed by atoms with Crippen molar-refractivity contribution in [2.75, 3.05) is 43.5 Å². The Hall–Kier alpha value is -1.44. The van der Waals surface area contributed by atoms with E-state index >= 15 is 0 Å². The third-order valence-corrected chi connectivity index (χ3v) is 3.44. The van der Waals surface area contributed by atoms with Crippen molar-refractivity contribution in [1.29, 1.82) is 0 Å². The average molecular weight is 296 g/mol. The van der Waals surface area contributed by atoms with Gasteiger partial charge in [0.05, 0.1) is 25.2 Å². The van der Waals surface area contributed by atoms with Crippen molar-refractivity contribution in [3.8, 4) is 0 Å². The number of nitrogens with one attached hydrogen (secondary N) is 2. The number of hydrogen-bond donors (Lipinski definition) is 3. The Balaban J connectivity index is 2.03. The lowest BCUT2D eigenvalue weighted by atomic mass is 10.4. The summed E-state index contributed by atoms with van der Waals surface area (Å²) in [6, 6.07) is 2.01. The van der Waals surface area contributed by atoms with Gasteiger partial charge in [-0.05, 0) is 17.9 Å². The quantitative estimate of drug-likeness (QED) is 0.614. The number of rotatable bonds is 9. The zero-order valence-corrected chi connectivity index (χ0v) is 12.4. The number of hydrogen-bond acceptors (Lipinski definition) is 7. The van der Waals surface area contributed by atoms with E-state index in [4.69, 9.17) is 9.84 Å². The fourth-order valence-corrected chi connectivity index (χ4v) is 2.48. The number of aliphatic hydroxyl groups excluding tert-OH is 1. The van der Waals surface area contributed by atoms with Crippen LogP contribution in [0.3, 0.4) is 0 Å². The maximum absolute atomic E-state index is 8.64. The first-order valence-electron chi connectivity index (χ1n) is 6.76. The number of thiophene rings is 1. The number of aliphatic hydroxyl groups is 1. The summed E-state index contributed by atoms with van der Waals surface area (Å²) in [6.45, 7) is 4.56. The van der Waals surface area contributed by atoms with Crippen LogP contribution in [0.4, 0.5) is 11.8 Å². The van der Waals surface area contributed by atoms with Gasteiger partial charge in [0.2, 0.25) is 5.95 Å². The molecule has 110 valence electrons. The highest BCUT2D eigenvalue weighted by atomic mass is 32.1. The van der Waals surface area contributed by atoms with E-state index in [2.05, 4.69) is 27.5 Å². The molecular formula is C13H20N4O2S. The number of anilines is 2. The molecule has 0 saturated heterocycles. The van der Waals surface area contributed by atoms with Gasteiger partial charge in [-0.2, -0.15) is 4.98 Å². The fourth-order valence-electron chi connectivity index (χ4n) is 1.71. The highest BCUT2D eigenvalue weighted by Gasteiger charge is 2.08. The van der Waals surface area contributed by atoms with E-state index in [0.29, 0.717) is 25.7 Å². The van der Waals surface area contributed by atoms with Crippen LogP contribution in [0.1, 0.15) is 13.3 Å². The van der Waals surface area contributed by atoms with Crippen molar-refractivity contribution in [3.63, 3.8) is 0 Å². The van der Waals surface area contributed by atoms with Crippen LogP contribution < -0.4 is 10.6 Å². The van der Waals surface area contributed by atoms with Gasteiger partial charge in [0.15, 0.2) is 0 Å². The van der Waals surface area contributed by atoms with Gasteiger partial charge in [-0.15, -0.1) is 11.3 Å². The summed E-state index contributed by atoms with van der Waals surface area (Å²) in [5.41, 5.74) is 0. The topological polar surface area (TPSA) is 79.3 Å². The van der Waals surface area contributed by atoms with Gasteiger partial charge < -0.3 is 20.5 Å². The van der Waals surface area contributed by atoms with Gasteiger partial charge in [0.1, 0.15) is 10.6 Å². The van der Waals surface area contributed by atoms with E-state index in [1.54, 1.807) is 11.3 Å². The fraction of sp³-hybridized carbons (Fsp3) is 0.538. The lowest BCUT2D eigenvalue weighted by molar-refractivity contribution is 0.0992. The molecule has 0 atom stereocenters. The first kappa shape index (κ1) is 15.0. The summed E-state index contributed by atoms with van der Waals surface area (Å²) < 4.78 is 5.22. The maximum atomic E-state index is 8.64. The molecule has 0 radical (unpaired) electrons. The lowest BCUT2D eigenvalue weighted by Crippen LogP contribution is -2.13. The summed E-state index contributed by atoms with van der Waals surface area (Å²) in [7, 11) is 0. The van der Waals surface area contributed by atoms with E-state index < -0.39 is 0 Å². The minimum Gasteiger partial charge on any atom is -0.394 e. The highest BCUT2D eigenvalue weighted by Crippen LogP contribution is 2.26. The largest absolute Gasteiger partial charge is 0.394 e. The van der Waals surface area contributed by atoms with Crippen LogP contribution >= 0.6 is 11.3 Å². The normalized spacial score (nSPS) is 10.9. The Bertz CT molecular complexity index is 532. The number of ether oxygens (including phenoxy) is 1. The Morgan fingerprint density at radius 3 is 2.95 bits per heavy atom. The molecule has 0 unspecified atom stereocenters. The summed E-state index contributed by atoms with van der Waals surface area (Å²) in [6.07, 6.45) is 1.03. The summed E-state index contributed by atoms with van der Waals surface area (Å²) in [4.78, 5) is 9.95. The van der Waals surface area contributed by atoms with Gasteiger partial charge in [-0.25, -0.2) is 4.98 Å². The second-order valence-electron chi connectivity index (χ2n) is 4.22. The molecule has 0 aliphatic heterocycles. The molecule has 20 heavy (non-hydrogen) atoms. The molecule has 0 fully saturated rings. The molecule has 3 N–H and O–H groups in total. The predicted octanol–water partition coefficient (Wildman–Crippen LogP) is 1.93. The molecule has 2 aromatic heterocycles. The molecule has 0 aliphatic rings. The molecule has 2 heterocycles. The summed E-state index contributed by atoms with van der Waals surface area (Å²) >= 11 is 1.60. The molecule has 2 rings (SSSR count). The standard InChI is InChI=1S/C13H20N4O2S/c1-2-4-15-13-16-11(14-5-7-19-8-6-18)10-3-9-20-12(10)17-13/h3,9,18H,2,4-8H2,1H3,(H2,14,15,16,17). The Morgan fingerprint density at radius 1 is 1.25 bits per heavy atom. The minimum absolute atomic E-state index is 0.0490. The molecule has 0 aromatic carbocycles. The molecule has 2 aromatic rings. The third kappa shape index (κ3) is 4.03. The van der Waals surface area contributed by atoms with Crippen LogP contribution in [0.5, 0.6) is 0 Å². The molecule has 0 spiro atoms. The lowest BCUT2D eigenvalue weighted by Gasteiger charge is -2.09. The van der Waals surface area contributed by atoms with Crippen molar-refractivity contribution in [2.45, 2.75) is 13.3 Å². The van der Waals surface area contributed by atoms with Crippen LogP contribution in [0.2, 0.25) is 0 Å². The molecule has 0 saturated carbocycles. The first-order valence-corrected chi connectivity index (χ1v) is 7.64. The predicted molar refractivity (Wildman–Crippen MR) is 82.6 cm³/mol. The van der Waals surface area contributed by atoms with Gasteiger partial charge in [0, 0.05) is 13.1 Å². The van der Waals surface area contributed by atoms with E-state index in [1.807, 2.05) is 11.4 Å². The SMILES string of the molecule is CCCNc1nc(NCCOCCO)c2ccsc2n1. The second-order valence-corrected chi connectivity index (χ2v) is 5.12. The molecule has 0 bridgehead atoms. The van der Waals surface area contributed by atoms with Gasteiger partial charge in [-0.1, -0.05) is 6.92 Å². The zero-order chi connectivity index (χ0) is 14.2. The van der Waals surface area contributed by atoms with Gasteiger partial charge in [-0.3, -0.25) is 0 Å². The van der Waals surface area contributed by atoms with Crippen molar-refractivity contribution < 1.29 is 9.84 Å². The van der Waals surface area contributed by atoms with Crippen molar-refractivity contribution in [1.82, 2.24) is 9.97 Å². The first-order chi connectivity index (χ1) is 9.85. The van der Waals surface area contributed by atoms with Gasteiger partial charge >= 0.3 is 0 Å². The molecule has 7 heteroatoms. The number of nitrogens with zero attached hydrogens (tertiary/aromatic N) is 2. The molecule has 0 aliphatic carbocycles. The van der Waals surface area contributed by atoms with Crippen LogP contribution in [-0.4, -0.2) is 48.0 Å². The van der Waals surface area contributed by atoms with Crippen LogP contribution in [0.25, 0.3) is 10.2 Å². The Kier molecular flexibility index (Phi) is 5.97. The Morgan fingerprint density at radius 2 is 2.15 bits per heavy atom. The molecule has 6 nitrogen and oxygen atoms in total. The van der Waals surface area contributed by atoms with E-state index in [0.717, 1.165) is 29.0 Å². The van der Waals surface area contributed by atoms with Crippen LogP contribution in [0.15, 0.2) is 11.4 Å². The maximum Gasteiger partial charge on any atom is 0.226 e. The average Bonchev–Trinajstić information content (AvgIpc) is 2.93. The van der Waals surface area contributed by atoms with E-state index in [-0.39, 0.29) is 6.61 Å². The minimum atomic E-state index is 0.0490. The Labute approximate surface area is 122 Å². The van der Waals surface area contributed by atoms with Crippen LogP contribution in [0, 0.1) is 0 Å². The van der Waals surface area contributed by atoms with Crippen molar-refractivity contribution >= 4 is 33.3 Å². The number of fused-ring (bicyclic) bond motifs is 1. The van der Waals surface area contributed by atoms with Crippen molar-refractivity contribution in [2.24, 2.45) is 0 Å². The monoisotopic (exact) mass is 296 g/mol. The smallest absolute Gasteiger partial charge is 0.226 e. The number of aromatic nitrogens is 2. The third-order valence-electron chi connectivity index (χ3n) is 2.63. The van der Waals surface area contributed by atoms with Crippen molar-refractivity contribution in [3.05, 3.63) is 11.4 Å². The van der Waals surface area contributed by atoms with E-state index in [1.165, 1.54) is 0 Å².